The minimum Gasteiger partial charge on any atom is -0.497 e. The Labute approximate surface area is 96.0 Å². The molecule has 0 fully saturated rings. The molecule has 0 radical (unpaired) electrons. The minimum atomic E-state index is -0.577. The number of ether oxygens (including phenoxy) is 2. The molecule has 3 heteroatoms. The van der Waals surface area contributed by atoms with E-state index < -0.39 is 6.10 Å². The normalized spacial score (nSPS) is 11.6. The van der Waals surface area contributed by atoms with Crippen LogP contribution < -0.4 is 9.47 Å². The first-order chi connectivity index (χ1) is 7.69. The summed E-state index contributed by atoms with van der Waals surface area (Å²) in [5.41, 5.74) is 0.734. The van der Waals surface area contributed by atoms with Crippen molar-refractivity contribution < 1.29 is 14.6 Å². The summed E-state index contributed by atoms with van der Waals surface area (Å²) in [6.45, 7) is 2.12. The number of methoxy groups -OCH3 is 1. The molecule has 0 aliphatic carbocycles. The first-order valence-corrected chi connectivity index (χ1v) is 5.11. The van der Waals surface area contributed by atoms with Crippen LogP contribution >= 0.6 is 0 Å². The zero-order chi connectivity index (χ0) is 12.0. The Kier molecular flexibility index (Phi) is 4.68. The number of hydrogen-bond donors (Lipinski definition) is 1. The summed E-state index contributed by atoms with van der Waals surface area (Å²) in [6.07, 6.45) is 5.10. The largest absolute Gasteiger partial charge is 0.497 e. The quantitative estimate of drug-likeness (QED) is 0.610. The van der Waals surface area contributed by atoms with Crippen LogP contribution in [0.2, 0.25) is 0 Å². The van der Waals surface area contributed by atoms with E-state index in [1.54, 1.807) is 32.2 Å². The van der Waals surface area contributed by atoms with Gasteiger partial charge in [0.25, 0.3) is 0 Å². The third-order valence-corrected chi connectivity index (χ3v) is 2.17. The van der Waals surface area contributed by atoms with Gasteiger partial charge in [-0.2, -0.15) is 0 Å². The van der Waals surface area contributed by atoms with Gasteiger partial charge in [-0.1, -0.05) is 0 Å². The summed E-state index contributed by atoms with van der Waals surface area (Å²) in [4.78, 5) is 0. The van der Waals surface area contributed by atoms with Gasteiger partial charge in [0.15, 0.2) is 0 Å². The molecule has 3 nitrogen and oxygen atoms in total. The van der Waals surface area contributed by atoms with Crippen molar-refractivity contribution >= 4 is 0 Å². The second-order valence-corrected chi connectivity index (χ2v) is 3.38. The van der Waals surface area contributed by atoms with Crippen molar-refractivity contribution in [2.45, 2.75) is 19.4 Å². The molecule has 0 aliphatic rings. The van der Waals surface area contributed by atoms with Crippen LogP contribution in [0.25, 0.3) is 0 Å². The molecular weight excluding hydrogens is 204 g/mol. The highest BCUT2D eigenvalue weighted by molar-refractivity contribution is 5.41. The molecule has 0 amide bonds. The molecule has 1 aromatic carbocycles. The van der Waals surface area contributed by atoms with E-state index >= 15 is 0 Å². The molecule has 1 atom stereocenters. The molecule has 1 N–H and O–H groups in total. The van der Waals surface area contributed by atoms with Gasteiger partial charge in [-0.25, -0.2) is 0 Å². The molecule has 0 heterocycles. The lowest BCUT2D eigenvalue weighted by Crippen LogP contribution is -2.02. The average Bonchev–Trinajstić information content (AvgIpc) is 2.29. The fourth-order valence-corrected chi connectivity index (χ4v) is 1.33. The Bertz CT molecular complexity index is 377. The van der Waals surface area contributed by atoms with Gasteiger partial charge in [-0.05, 0) is 19.1 Å². The fraction of sp³-hybridized carbons (Fsp3) is 0.385. The van der Waals surface area contributed by atoms with E-state index in [4.69, 9.17) is 15.9 Å². The molecular formula is C13H16O3. The van der Waals surface area contributed by atoms with Gasteiger partial charge in [0.05, 0.1) is 19.8 Å². The minimum absolute atomic E-state index is 0.434. The lowest BCUT2D eigenvalue weighted by atomic mass is 10.1. The maximum absolute atomic E-state index is 9.56. The van der Waals surface area contributed by atoms with Gasteiger partial charge in [0, 0.05) is 18.1 Å². The summed E-state index contributed by atoms with van der Waals surface area (Å²) in [5, 5.41) is 9.56. The highest BCUT2D eigenvalue weighted by Crippen LogP contribution is 2.29. The predicted octanol–water partition coefficient (Wildman–Crippen LogP) is 2.15. The molecule has 1 aromatic rings. The summed E-state index contributed by atoms with van der Waals surface area (Å²) < 4.78 is 10.6. The lowest BCUT2D eigenvalue weighted by molar-refractivity contribution is 0.191. The van der Waals surface area contributed by atoms with Gasteiger partial charge in [-0.3, -0.25) is 0 Å². The van der Waals surface area contributed by atoms with Crippen LogP contribution in [0, 0.1) is 12.3 Å². The second-order valence-electron chi connectivity index (χ2n) is 3.38. The monoisotopic (exact) mass is 220 g/mol. The molecule has 0 saturated heterocycles. The van der Waals surface area contributed by atoms with E-state index in [0.717, 1.165) is 5.56 Å². The van der Waals surface area contributed by atoms with E-state index in [2.05, 4.69) is 5.92 Å². The Balaban J connectivity index is 2.88. The van der Waals surface area contributed by atoms with E-state index in [9.17, 15) is 5.11 Å². The van der Waals surface area contributed by atoms with Crippen molar-refractivity contribution in [1.29, 1.82) is 0 Å². The van der Waals surface area contributed by atoms with E-state index in [0.29, 0.717) is 24.5 Å². The zero-order valence-corrected chi connectivity index (χ0v) is 9.56. The predicted molar refractivity (Wildman–Crippen MR) is 62.6 cm³/mol. The third-order valence-electron chi connectivity index (χ3n) is 2.17. The highest BCUT2D eigenvalue weighted by Gasteiger charge is 2.10. The summed E-state index contributed by atoms with van der Waals surface area (Å²) in [7, 11) is 1.59. The Morgan fingerprint density at radius 2 is 2.25 bits per heavy atom. The number of terminal acetylenes is 1. The number of aliphatic hydroxyl groups is 1. The van der Waals surface area contributed by atoms with Crippen molar-refractivity contribution in [3.63, 3.8) is 0 Å². The first-order valence-electron chi connectivity index (χ1n) is 5.11. The molecule has 0 saturated carbocycles. The van der Waals surface area contributed by atoms with E-state index in [1.807, 2.05) is 0 Å². The van der Waals surface area contributed by atoms with Crippen molar-refractivity contribution in [1.82, 2.24) is 0 Å². The van der Waals surface area contributed by atoms with Gasteiger partial charge in [-0.15, -0.1) is 12.3 Å². The number of hydrogen-bond acceptors (Lipinski definition) is 3. The van der Waals surface area contributed by atoms with Crippen LogP contribution in [-0.2, 0) is 0 Å². The first kappa shape index (κ1) is 12.4. The van der Waals surface area contributed by atoms with Gasteiger partial charge < -0.3 is 14.6 Å². The number of benzene rings is 1. The zero-order valence-electron chi connectivity index (χ0n) is 9.56. The second kappa shape index (κ2) is 6.04. The third kappa shape index (κ3) is 3.18. The topological polar surface area (TPSA) is 38.7 Å². The number of aliphatic hydroxyl groups excluding tert-OH is 1. The van der Waals surface area contributed by atoms with Crippen LogP contribution in [0.3, 0.4) is 0 Å². The molecule has 0 unspecified atom stereocenters. The maximum atomic E-state index is 9.56. The number of rotatable bonds is 5. The van der Waals surface area contributed by atoms with Gasteiger partial charge in [0.1, 0.15) is 11.5 Å². The van der Waals surface area contributed by atoms with Crippen LogP contribution in [0.5, 0.6) is 11.5 Å². The molecule has 86 valence electrons. The Hall–Kier alpha value is -1.66. The molecule has 1 rings (SSSR count). The summed E-state index contributed by atoms with van der Waals surface area (Å²) in [6, 6.07) is 5.32. The molecule has 0 spiro atoms. The fourth-order valence-electron chi connectivity index (χ4n) is 1.33. The standard InChI is InChI=1S/C13H16O3/c1-4-5-8-16-13-9-11(15-3)6-7-12(13)10(2)14/h1,6-7,9-10,14H,5,8H2,2-3H3/t10-/m1/s1. The Morgan fingerprint density at radius 3 is 2.81 bits per heavy atom. The van der Waals surface area contributed by atoms with Gasteiger partial charge >= 0.3 is 0 Å². The van der Waals surface area contributed by atoms with E-state index in [-0.39, 0.29) is 0 Å². The highest BCUT2D eigenvalue weighted by atomic mass is 16.5. The molecule has 16 heavy (non-hydrogen) atoms. The van der Waals surface area contributed by atoms with Crippen LogP contribution in [0.1, 0.15) is 25.0 Å². The SMILES string of the molecule is C#CCCOc1cc(OC)ccc1[C@@H](C)O. The van der Waals surface area contributed by atoms with Crippen molar-refractivity contribution in [3.8, 4) is 23.8 Å². The van der Waals surface area contributed by atoms with E-state index in [1.165, 1.54) is 0 Å². The smallest absolute Gasteiger partial charge is 0.128 e. The van der Waals surface area contributed by atoms with Crippen LogP contribution in [0.4, 0.5) is 0 Å². The summed E-state index contributed by atoms with van der Waals surface area (Å²) >= 11 is 0. The molecule has 0 aromatic heterocycles. The van der Waals surface area contributed by atoms with Crippen molar-refractivity contribution in [2.24, 2.45) is 0 Å². The van der Waals surface area contributed by atoms with Crippen LogP contribution in [-0.4, -0.2) is 18.8 Å². The average molecular weight is 220 g/mol. The maximum Gasteiger partial charge on any atom is 0.128 e. The van der Waals surface area contributed by atoms with Crippen LogP contribution in [0.15, 0.2) is 18.2 Å². The van der Waals surface area contributed by atoms with Crippen molar-refractivity contribution in [2.75, 3.05) is 13.7 Å². The molecule has 0 bridgehead atoms. The van der Waals surface area contributed by atoms with Crippen molar-refractivity contribution in [3.05, 3.63) is 23.8 Å². The lowest BCUT2D eigenvalue weighted by Gasteiger charge is -2.14. The Morgan fingerprint density at radius 1 is 1.50 bits per heavy atom. The van der Waals surface area contributed by atoms with Gasteiger partial charge in [0.2, 0.25) is 0 Å². The molecule has 0 aliphatic heterocycles. The summed E-state index contributed by atoms with van der Waals surface area (Å²) in [5.74, 6) is 3.81.